The zero-order valence-electron chi connectivity index (χ0n) is 12.4. The number of hydrogen-bond donors (Lipinski definition) is 2. The van der Waals surface area contributed by atoms with Crippen LogP contribution < -0.4 is 5.32 Å². The fourth-order valence-electron chi connectivity index (χ4n) is 3.71. The normalized spacial score (nSPS) is 29.6. The van der Waals surface area contributed by atoms with Gasteiger partial charge >= 0.3 is 5.97 Å². The van der Waals surface area contributed by atoms with Crippen molar-refractivity contribution < 1.29 is 14.7 Å². The summed E-state index contributed by atoms with van der Waals surface area (Å²) < 4.78 is 0. The number of nitrogens with one attached hydrogen (secondary N) is 1. The molecule has 2 unspecified atom stereocenters. The van der Waals surface area contributed by atoms with Crippen molar-refractivity contribution in [1.29, 1.82) is 0 Å². The zero-order chi connectivity index (χ0) is 14.5. The Morgan fingerprint density at radius 1 is 1.00 bits per heavy atom. The molecule has 2 aliphatic carbocycles. The van der Waals surface area contributed by atoms with E-state index < -0.39 is 5.97 Å². The fraction of sp³-hybridized carbons (Fsp3) is 0.875. The van der Waals surface area contributed by atoms with E-state index in [2.05, 4.69) is 12.2 Å². The molecule has 4 heteroatoms. The number of carboxylic acid groups (broad SMARTS) is 1. The first-order valence-electron chi connectivity index (χ1n) is 8.11. The number of amides is 1. The topological polar surface area (TPSA) is 66.4 Å². The molecule has 3 atom stereocenters. The zero-order valence-corrected chi connectivity index (χ0v) is 12.4. The van der Waals surface area contributed by atoms with Crippen LogP contribution in [0.1, 0.15) is 64.7 Å². The second-order valence-corrected chi connectivity index (χ2v) is 6.59. The third kappa shape index (κ3) is 3.97. The quantitative estimate of drug-likeness (QED) is 0.779. The van der Waals surface area contributed by atoms with Gasteiger partial charge in [0.15, 0.2) is 0 Å². The first-order valence-corrected chi connectivity index (χ1v) is 8.11. The van der Waals surface area contributed by atoms with Crippen molar-refractivity contribution in [3.63, 3.8) is 0 Å². The van der Waals surface area contributed by atoms with Crippen LogP contribution in [0.15, 0.2) is 0 Å². The maximum absolute atomic E-state index is 12.2. The largest absolute Gasteiger partial charge is 0.481 e. The van der Waals surface area contributed by atoms with E-state index in [0.717, 1.165) is 6.42 Å². The van der Waals surface area contributed by atoms with Crippen molar-refractivity contribution in [2.45, 2.75) is 70.8 Å². The Hall–Kier alpha value is -1.06. The first-order chi connectivity index (χ1) is 9.58. The van der Waals surface area contributed by atoms with Gasteiger partial charge in [0.1, 0.15) is 0 Å². The standard InChI is InChI=1S/C16H27NO3/c1-11(12-6-4-2-3-5-7-12)17-15(18)13-8-9-14(10-13)16(19)20/h11-14H,2-10H2,1H3,(H,17,18)(H,19,20)/t11-,13?,14?/m0/s1. The Morgan fingerprint density at radius 3 is 2.15 bits per heavy atom. The van der Waals surface area contributed by atoms with Crippen molar-refractivity contribution in [2.24, 2.45) is 17.8 Å². The Labute approximate surface area is 121 Å². The third-order valence-corrected chi connectivity index (χ3v) is 5.13. The maximum atomic E-state index is 12.2. The van der Waals surface area contributed by atoms with Crippen molar-refractivity contribution in [3.8, 4) is 0 Å². The van der Waals surface area contributed by atoms with E-state index in [9.17, 15) is 9.59 Å². The molecule has 0 bridgehead atoms. The summed E-state index contributed by atoms with van der Waals surface area (Å²) in [6, 6.07) is 0.226. The van der Waals surface area contributed by atoms with Crippen LogP contribution in [0.2, 0.25) is 0 Å². The second kappa shape index (κ2) is 7.09. The molecule has 0 heterocycles. The minimum atomic E-state index is -0.753. The highest BCUT2D eigenvalue weighted by Crippen LogP contribution is 2.32. The van der Waals surface area contributed by atoms with Crippen LogP contribution >= 0.6 is 0 Å². The van der Waals surface area contributed by atoms with Crippen molar-refractivity contribution >= 4 is 11.9 Å². The van der Waals surface area contributed by atoms with E-state index in [-0.39, 0.29) is 23.8 Å². The molecule has 2 aliphatic rings. The van der Waals surface area contributed by atoms with Gasteiger partial charge in [-0.25, -0.2) is 0 Å². The summed E-state index contributed by atoms with van der Waals surface area (Å²) in [6.07, 6.45) is 9.49. The predicted molar refractivity (Wildman–Crippen MR) is 77.3 cm³/mol. The predicted octanol–water partition coefficient (Wildman–Crippen LogP) is 2.96. The summed E-state index contributed by atoms with van der Waals surface area (Å²) in [4.78, 5) is 23.2. The van der Waals surface area contributed by atoms with E-state index in [0.29, 0.717) is 18.8 Å². The van der Waals surface area contributed by atoms with Gasteiger partial charge in [0.2, 0.25) is 5.91 Å². The summed E-state index contributed by atoms with van der Waals surface area (Å²) >= 11 is 0. The third-order valence-electron chi connectivity index (χ3n) is 5.13. The van der Waals surface area contributed by atoms with Gasteiger partial charge in [-0.2, -0.15) is 0 Å². The molecule has 2 fully saturated rings. The summed E-state index contributed by atoms with van der Waals surface area (Å²) in [6.45, 7) is 2.11. The Kier molecular flexibility index (Phi) is 5.44. The van der Waals surface area contributed by atoms with Gasteiger partial charge in [-0.05, 0) is 44.9 Å². The van der Waals surface area contributed by atoms with Crippen LogP contribution in [-0.2, 0) is 9.59 Å². The van der Waals surface area contributed by atoms with Crippen LogP contribution in [0.3, 0.4) is 0 Å². The van der Waals surface area contributed by atoms with Crippen LogP contribution in [0.25, 0.3) is 0 Å². The molecule has 0 saturated heterocycles. The fourth-order valence-corrected chi connectivity index (χ4v) is 3.71. The molecule has 114 valence electrons. The minimum Gasteiger partial charge on any atom is -0.481 e. The molecule has 4 nitrogen and oxygen atoms in total. The van der Waals surface area contributed by atoms with Crippen LogP contribution in [0.4, 0.5) is 0 Å². The Bertz CT molecular complexity index is 348. The molecule has 20 heavy (non-hydrogen) atoms. The highest BCUT2D eigenvalue weighted by Gasteiger charge is 2.34. The average molecular weight is 281 g/mol. The lowest BCUT2D eigenvalue weighted by Crippen LogP contribution is -2.41. The number of carbonyl (C=O) groups excluding carboxylic acids is 1. The molecule has 0 aromatic heterocycles. The van der Waals surface area contributed by atoms with Crippen molar-refractivity contribution in [2.75, 3.05) is 0 Å². The molecular formula is C16H27NO3. The molecule has 2 N–H and O–H groups in total. The summed E-state index contributed by atoms with van der Waals surface area (Å²) in [5.41, 5.74) is 0. The Morgan fingerprint density at radius 2 is 1.60 bits per heavy atom. The molecule has 0 aromatic rings. The number of carboxylic acids is 1. The molecule has 0 aliphatic heterocycles. The monoisotopic (exact) mass is 281 g/mol. The summed E-state index contributed by atoms with van der Waals surface area (Å²) in [7, 11) is 0. The first kappa shape index (κ1) is 15.3. The van der Waals surface area contributed by atoms with E-state index in [1.807, 2.05) is 0 Å². The van der Waals surface area contributed by atoms with E-state index in [4.69, 9.17) is 5.11 Å². The van der Waals surface area contributed by atoms with E-state index in [1.165, 1.54) is 38.5 Å². The van der Waals surface area contributed by atoms with E-state index in [1.54, 1.807) is 0 Å². The van der Waals surface area contributed by atoms with Crippen LogP contribution in [0, 0.1) is 17.8 Å². The van der Waals surface area contributed by atoms with Crippen molar-refractivity contribution in [1.82, 2.24) is 5.32 Å². The van der Waals surface area contributed by atoms with Gasteiger partial charge in [0, 0.05) is 12.0 Å². The molecule has 1 amide bonds. The van der Waals surface area contributed by atoms with Gasteiger partial charge in [0.05, 0.1) is 5.92 Å². The van der Waals surface area contributed by atoms with Crippen LogP contribution in [-0.4, -0.2) is 23.0 Å². The SMILES string of the molecule is C[C@H](NC(=O)C1CCC(C(=O)O)C1)C1CCCCCC1. The lowest BCUT2D eigenvalue weighted by Gasteiger charge is -2.25. The van der Waals surface area contributed by atoms with Gasteiger partial charge in [0.25, 0.3) is 0 Å². The molecule has 0 radical (unpaired) electrons. The Balaban J connectivity index is 1.80. The van der Waals surface area contributed by atoms with Gasteiger partial charge < -0.3 is 10.4 Å². The second-order valence-electron chi connectivity index (χ2n) is 6.59. The highest BCUT2D eigenvalue weighted by atomic mass is 16.4. The van der Waals surface area contributed by atoms with Crippen LogP contribution in [0.5, 0.6) is 0 Å². The average Bonchev–Trinajstić information content (AvgIpc) is 2.75. The molecule has 0 aromatic carbocycles. The highest BCUT2D eigenvalue weighted by molar-refractivity contribution is 5.81. The van der Waals surface area contributed by atoms with Crippen molar-refractivity contribution in [3.05, 3.63) is 0 Å². The smallest absolute Gasteiger partial charge is 0.306 e. The molecule has 0 spiro atoms. The maximum Gasteiger partial charge on any atom is 0.306 e. The number of rotatable bonds is 4. The summed E-state index contributed by atoms with van der Waals surface area (Å²) in [5.74, 6) is -0.496. The molecule has 2 rings (SSSR count). The summed E-state index contributed by atoms with van der Waals surface area (Å²) in [5, 5.41) is 12.1. The van der Waals surface area contributed by atoms with E-state index >= 15 is 0 Å². The molecule has 2 saturated carbocycles. The molecular weight excluding hydrogens is 254 g/mol. The minimum absolute atomic E-state index is 0.0745. The number of aliphatic carboxylic acids is 1. The number of carbonyl (C=O) groups is 2. The van der Waals surface area contributed by atoms with Gasteiger partial charge in [-0.15, -0.1) is 0 Å². The lowest BCUT2D eigenvalue weighted by atomic mass is 9.92. The van der Waals surface area contributed by atoms with Gasteiger partial charge in [-0.3, -0.25) is 9.59 Å². The number of hydrogen-bond acceptors (Lipinski definition) is 2. The van der Waals surface area contributed by atoms with Gasteiger partial charge in [-0.1, -0.05) is 25.7 Å². The lowest BCUT2D eigenvalue weighted by molar-refractivity contribution is -0.141.